The number of hydrogen-bond acceptors (Lipinski definition) is 3. The Labute approximate surface area is 106 Å². The van der Waals surface area contributed by atoms with Crippen LogP contribution < -0.4 is 0 Å². The van der Waals surface area contributed by atoms with E-state index in [2.05, 4.69) is 27.0 Å². The Morgan fingerprint density at radius 3 is 2.83 bits per heavy atom. The Hall–Kier alpha value is -1.81. The maximum atomic E-state index is 11.8. The predicted octanol–water partition coefficient (Wildman–Crippen LogP) is 1.52. The van der Waals surface area contributed by atoms with Gasteiger partial charge >= 0.3 is 0 Å². The van der Waals surface area contributed by atoms with Gasteiger partial charge in [-0.2, -0.15) is 4.99 Å². The van der Waals surface area contributed by atoms with Crippen molar-refractivity contribution >= 4 is 17.5 Å². The molecule has 92 valence electrons. The summed E-state index contributed by atoms with van der Waals surface area (Å²) in [5, 5.41) is 0. The molecule has 2 aliphatic heterocycles. The summed E-state index contributed by atoms with van der Waals surface area (Å²) in [5.41, 5.74) is 2.24. The van der Waals surface area contributed by atoms with Crippen molar-refractivity contribution in [1.82, 2.24) is 4.90 Å². The van der Waals surface area contributed by atoms with E-state index in [1.165, 1.54) is 5.56 Å². The zero-order valence-electron chi connectivity index (χ0n) is 10.3. The first-order valence-electron chi connectivity index (χ1n) is 6.15. The molecule has 1 atom stereocenters. The highest BCUT2D eigenvalue weighted by atomic mass is 16.1. The van der Waals surface area contributed by atoms with Crippen LogP contribution in [-0.2, 0) is 11.3 Å². The van der Waals surface area contributed by atoms with Crippen LogP contribution in [0.3, 0.4) is 0 Å². The van der Waals surface area contributed by atoms with Crippen LogP contribution in [0.5, 0.6) is 0 Å². The Bertz CT molecular complexity index is 533. The van der Waals surface area contributed by atoms with Gasteiger partial charge in [0, 0.05) is 25.3 Å². The van der Waals surface area contributed by atoms with Crippen molar-refractivity contribution in [2.24, 2.45) is 15.9 Å². The van der Waals surface area contributed by atoms with Crippen LogP contribution in [0.1, 0.15) is 12.5 Å². The first-order chi connectivity index (χ1) is 8.72. The summed E-state index contributed by atoms with van der Waals surface area (Å²) in [5.74, 6) is 0.443. The molecule has 1 saturated heterocycles. The van der Waals surface area contributed by atoms with Gasteiger partial charge in [-0.1, -0.05) is 30.3 Å². The average Bonchev–Trinajstić information content (AvgIpc) is 2.73. The van der Waals surface area contributed by atoms with Gasteiger partial charge in [-0.05, 0) is 12.5 Å². The molecule has 18 heavy (non-hydrogen) atoms. The van der Waals surface area contributed by atoms with E-state index in [1.54, 1.807) is 6.92 Å². The predicted molar refractivity (Wildman–Crippen MR) is 70.8 cm³/mol. The van der Waals surface area contributed by atoms with Crippen molar-refractivity contribution in [2.45, 2.75) is 13.5 Å². The molecule has 1 aromatic carbocycles. The van der Waals surface area contributed by atoms with Gasteiger partial charge in [0.05, 0.1) is 5.92 Å². The number of carbonyl (C=O) groups excluding carboxylic acids is 1. The van der Waals surface area contributed by atoms with Crippen LogP contribution in [0.25, 0.3) is 0 Å². The van der Waals surface area contributed by atoms with Gasteiger partial charge < -0.3 is 0 Å². The smallest absolute Gasteiger partial charge is 0.257 e. The number of amidine groups is 1. The van der Waals surface area contributed by atoms with E-state index in [4.69, 9.17) is 0 Å². The fourth-order valence-corrected chi connectivity index (χ4v) is 2.53. The van der Waals surface area contributed by atoms with Crippen LogP contribution in [0.2, 0.25) is 0 Å². The van der Waals surface area contributed by atoms with Crippen molar-refractivity contribution in [1.29, 1.82) is 0 Å². The zero-order valence-corrected chi connectivity index (χ0v) is 10.3. The van der Waals surface area contributed by atoms with Crippen molar-refractivity contribution < 1.29 is 4.79 Å². The largest absolute Gasteiger partial charge is 0.292 e. The van der Waals surface area contributed by atoms with Crippen LogP contribution in [-0.4, -0.2) is 35.4 Å². The topological polar surface area (TPSA) is 45.0 Å². The zero-order chi connectivity index (χ0) is 12.5. The molecule has 1 amide bonds. The summed E-state index contributed by atoms with van der Waals surface area (Å²) < 4.78 is 0. The maximum absolute atomic E-state index is 11.8. The second kappa shape index (κ2) is 4.46. The number of amides is 1. The molecule has 1 unspecified atom stereocenters. The molecule has 4 nitrogen and oxygen atoms in total. The Morgan fingerprint density at radius 2 is 2.06 bits per heavy atom. The summed E-state index contributed by atoms with van der Waals surface area (Å²) in [7, 11) is 0. The molecule has 0 bridgehead atoms. The highest BCUT2D eigenvalue weighted by Gasteiger charge is 2.36. The molecule has 2 aliphatic rings. The van der Waals surface area contributed by atoms with E-state index in [9.17, 15) is 4.79 Å². The van der Waals surface area contributed by atoms with E-state index in [0.29, 0.717) is 5.84 Å². The lowest BCUT2D eigenvalue weighted by Gasteiger charge is -2.14. The summed E-state index contributed by atoms with van der Waals surface area (Å²) in [6.45, 7) is 4.16. The third-order valence-electron chi connectivity index (χ3n) is 3.35. The number of rotatable bonds is 2. The van der Waals surface area contributed by atoms with Crippen LogP contribution in [0.15, 0.2) is 40.3 Å². The van der Waals surface area contributed by atoms with Crippen molar-refractivity contribution in [3.63, 3.8) is 0 Å². The number of aliphatic imine (C=N–C) groups is 2. The molecule has 3 rings (SSSR count). The van der Waals surface area contributed by atoms with E-state index >= 15 is 0 Å². The highest BCUT2D eigenvalue weighted by molar-refractivity contribution is 6.17. The van der Waals surface area contributed by atoms with Gasteiger partial charge in [-0.25, -0.2) is 4.99 Å². The summed E-state index contributed by atoms with van der Waals surface area (Å²) in [6.07, 6.45) is 0. The Kier molecular flexibility index (Phi) is 2.80. The lowest BCUT2D eigenvalue weighted by Crippen LogP contribution is -2.26. The molecule has 1 aromatic rings. The number of nitrogens with zero attached hydrogens (tertiary/aromatic N) is 3. The van der Waals surface area contributed by atoms with Crippen LogP contribution >= 0.6 is 0 Å². The van der Waals surface area contributed by atoms with Gasteiger partial charge in [0.15, 0.2) is 0 Å². The lowest BCUT2D eigenvalue weighted by molar-refractivity contribution is -0.119. The van der Waals surface area contributed by atoms with Gasteiger partial charge in [-0.15, -0.1) is 0 Å². The summed E-state index contributed by atoms with van der Waals surface area (Å²) >= 11 is 0. The Balaban J connectivity index is 1.73. The fraction of sp³-hybridized carbons (Fsp3) is 0.357. The number of likely N-dealkylation sites (tertiary alicyclic amines) is 1. The van der Waals surface area contributed by atoms with E-state index < -0.39 is 0 Å². The standard InChI is InChI=1S/C14H15N3O/c1-10-15-13-9-17(8-12(13)14(18)16-10)7-11-5-3-2-4-6-11/h2-6,12H,7-9H2,1H3. The number of carbonyl (C=O) groups is 1. The van der Waals surface area contributed by atoms with E-state index in [0.717, 1.165) is 25.3 Å². The van der Waals surface area contributed by atoms with E-state index in [-0.39, 0.29) is 11.8 Å². The van der Waals surface area contributed by atoms with Crippen molar-refractivity contribution in [2.75, 3.05) is 13.1 Å². The molecule has 0 N–H and O–H groups in total. The molecular formula is C14H15N3O. The highest BCUT2D eigenvalue weighted by Crippen LogP contribution is 2.21. The second-order valence-electron chi connectivity index (χ2n) is 4.81. The minimum absolute atomic E-state index is 0.0342. The first-order valence-corrected chi connectivity index (χ1v) is 6.15. The number of hydrogen-bond donors (Lipinski definition) is 0. The summed E-state index contributed by atoms with van der Waals surface area (Å²) in [4.78, 5) is 22.4. The maximum Gasteiger partial charge on any atom is 0.257 e. The van der Waals surface area contributed by atoms with Gasteiger partial charge in [0.25, 0.3) is 5.91 Å². The summed E-state index contributed by atoms with van der Waals surface area (Å²) in [6, 6.07) is 10.3. The van der Waals surface area contributed by atoms with Gasteiger partial charge in [-0.3, -0.25) is 9.69 Å². The van der Waals surface area contributed by atoms with Gasteiger partial charge in [0.2, 0.25) is 0 Å². The third kappa shape index (κ3) is 2.11. The first kappa shape index (κ1) is 11.3. The quantitative estimate of drug-likeness (QED) is 0.788. The third-order valence-corrected chi connectivity index (χ3v) is 3.35. The molecule has 2 heterocycles. The molecule has 1 fully saturated rings. The molecule has 0 spiro atoms. The van der Waals surface area contributed by atoms with Crippen molar-refractivity contribution in [3.8, 4) is 0 Å². The van der Waals surface area contributed by atoms with Crippen molar-refractivity contribution in [3.05, 3.63) is 35.9 Å². The molecule has 0 radical (unpaired) electrons. The van der Waals surface area contributed by atoms with Crippen LogP contribution in [0.4, 0.5) is 0 Å². The minimum Gasteiger partial charge on any atom is -0.292 e. The molecule has 0 saturated carbocycles. The number of benzene rings is 1. The molecular weight excluding hydrogens is 226 g/mol. The lowest BCUT2D eigenvalue weighted by atomic mass is 10.1. The Morgan fingerprint density at radius 1 is 1.28 bits per heavy atom. The van der Waals surface area contributed by atoms with E-state index in [1.807, 2.05) is 18.2 Å². The fourth-order valence-electron chi connectivity index (χ4n) is 2.53. The molecule has 4 heteroatoms. The minimum atomic E-state index is -0.114. The normalized spacial score (nSPS) is 23.6. The SMILES string of the molecule is CC1=NC(=O)C2CN(Cc3ccccc3)CC2=N1. The second-order valence-corrected chi connectivity index (χ2v) is 4.81. The monoisotopic (exact) mass is 241 g/mol. The number of fused-ring (bicyclic) bond motifs is 1. The average molecular weight is 241 g/mol. The molecule has 0 aliphatic carbocycles. The molecule has 0 aromatic heterocycles. The van der Waals surface area contributed by atoms with Gasteiger partial charge in [0.1, 0.15) is 5.84 Å². The van der Waals surface area contributed by atoms with Crippen LogP contribution in [0, 0.1) is 5.92 Å².